The van der Waals surface area contributed by atoms with Crippen molar-refractivity contribution in [1.29, 1.82) is 0 Å². The number of carbonyl (C=O) groups excluding carboxylic acids is 1. The lowest BCUT2D eigenvalue weighted by Crippen LogP contribution is -2.25. The summed E-state index contributed by atoms with van der Waals surface area (Å²) in [6.07, 6.45) is 0.792. The number of sulfonamides is 1. The highest BCUT2D eigenvalue weighted by molar-refractivity contribution is 7.89. The maximum Gasteiger partial charge on any atom is 0.240 e. The van der Waals surface area contributed by atoms with E-state index in [4.69, 9.17) is 11.6 Å². The van der Waals surface area contributed by atoms with Gasteiger partial charge in [-0.25, -0.2) is 17.5 Å². The van der Waals surface area contributed by atoms with Gasteiger partial charge in [-0.3, -0.25) is 4.79 Å². The van der Waals surface area contributed by atoms with Crippen molar-refractivity contribution in [1.82, 2.24) is 10.0 Å². The second-order valence-electron chi connectivity index (χ2n) is 6.97. The minimum absolute atomic E-state index is 0.0247. The third-order valence-electron chi connectivity index (χ3n) is 4.63. The van der Waals surface area contributed by atoms with Crippen LogP contribution in [0.3, 0.4) is 0 Å². The van der Waals surface area contributed by atoms with Gasteiger partial charge in [0.1, 0.15) is 5.82 Å². The molecule has 0 saturated heterocycles. The number of aryl methyl sites for hydroxylation is 1. The molecule has 2 N–H and O–H groups in total. The fourth-order valence-electron chi connectivity index (χ4n) is 2.97. The van der Waals surface area contributed by atoms with Crippen LogP contribution in [0.15, 0.2) is 77.7 Å². The van der Waals surface area contributed by atoms with Crippen molar-refractivity contribution in [3.8, 4) is 0 Å². The molecule has 5 nitrogen and oxygen atoms in total. The lowest BCUT2D eigenvalue weighted by Gasteiger charge is -2.10. The van der Waals surface area contributed by atoms with Crippen LogP contribution < -0.4 is 10.0 Å². The fraction of sp³-hybridized carbons (Fsp3) is 0.174. The summed E-state index contributed by atoms with van der Waals surface area (Å²) >= 11 is 6.10. The Balaban J connectivity index is 1.55. The third-order valence-corrected chi connectivity index (χ3v) is 6.40. The topological polar surface area (TPSA) is 75.3 Å². The van der Waals surface area contributed by atoms with E-state index in [2.05, 4.69) is 10.0 Å². The van der Waals surface area contributed by atoms with E-state index in [1.807, 2.05) is 18.2 Å². The number of halogens is 2. The first-order valence-electron chi connectivity index (χ1n) is 9.67. The number of hydrogen-bond donors (Lipinski definition) is 2. The van der Waals surface area contributed by atoms with Crippen LogP contribution >= 0.6 is 11.6 Å². The lowest BCUT2D eigenvalue weighted by atomic mass is 10.1. The van der Waals surface area contributed by atoms with Crippen molar-refractivity contribution in [2.75, 3.05) is 0 Å². The van der Waals surface area contributed by atoms with Gasteiger partial charge in [0.2, 0.25) is 15.9 Å². The van der Waals surface area contributed by atoms with Gasteiger partial charge in [0, 0.05) is 24.5 Å². The van der Waals surface area contributed by atoms with Crippen LogP contribution in [-0.2, 0) is 34.3 Å². The van der Waals surface area contributed by atoms with E-state index < -0.39 is 15.8 Å². The first-order chi connectivity index (χ1) is 14.8. The van der Waals surface area contributed by atoms with Gasteiger partial charge in [-0.15, -0.1) is 0 Å². The summed E-state index contributed by atoms with van der Waals surface area (Å²) in [4.78, 5) is 12.2. The molecule has 3 aromatic carbocycles. The predicted molar refractivity (Wildman–Crippen MR) is 118 cm³/mol. The zero-order chi connectivity index (χ0) is 22.3. The molecule has 0 spiro atoms. The van der Waals surface area contributed by atoms with Crippen LogP contribution in [0.4, 0.5) is 4.39 Å². The quantitative estimate of drug-likeness (QED) is 0.502. The summed E-state index contributed by atoms with van der Waals surface area (Å²) in [7, 11) is -3.78. The standard InChI is InChI=1S/C23H22ClFN2O3S/c24-22-10-2-1-7-19(22)11-12-23(28)26-15-18-6-4-9-21(14-18)31(29,30)27-16-17-5-3-8-20(25)13-17/h1-10,13-14,27H,11-12,15-16H2,(H,26,28). The summed E-state index contributed by atoms with van der Waals surface area (Å²) in [5.74, 6) is -0.582. The summed E-state index contributed by atoms with van der Waals surface area (Å²) in [6.45, 7) is 0.178. The lowest BCUT2D eigenvalue weighted by molar-refractivity contribution is -0.121. The van der Waals surface area contributed by atoms with E-state index >= 15 is 0 Å². The average molecular weight is 461 g/mol. The van der Waals surface area contributed by atoms with Crippen LogP contribution in [0.5, 0.6) is 0 Å². The molecule has 1 amide bonds. The summed E-state index contributed by atoms with van der Waals surface area (Å²) in [6, 6.07) is 19.4. The van der Waals surface area contributed by atoms with Crippen molar-refractivity contribution in [2.24, 2.45) is 0 Å². The zero-order valence-corrected chi connectivity index (χ0v) is 18.2. The second kappa shape index (κ2) is 10.5. The minimum Gasteiger partial charge on any atom is -0.352 e. The van der Waals surface area contributed by atoms with Gasteiger partial charge in [0.15, 0.2) is 0 Å². The molecule has 0 radical (unpaired) electrons. The summed E-state index contributed by atoms with van der Waals surface area (Å²) in [5, 5.41) is 3.42. The highest BCUT2D eigenvalue weighted by Crippen LogP contribution is 2.17. The Hall–Kier alpha value is -2.74. The van der Waals surface area contributed by atoms with Crippen molar-refractivity contribution >= 4 is 27.5 Å². The number of amides is 1. The van der Waals surface area contributed by atoms with Crippen LogP contribution in [0.2, 0.25) is 5.02 Å². The van der Waals surface area contributed by atoms with Gasteiger partial charge < -0.3 is 5.32 Å². The molecule has 0 aliphatic heterocycles. The van der Waals surface area contributed by atoms with Gasteiger partial charge >= 0.3 is 0 Å². The molecule has 162 valence electrons. The number of hydrogen-bond acceptors (Lipinski definition) is 3. The first-order valence-corrected chi connectivity index (χ1v) is 11.5. The van der Waals surface area contributed by atoms with Crippen molar-refractivity contribution in [2.45, 2.75) is 30.8 Å². The minimum atomic E-state index is -3.78. The molecule has 0 fully saturated rings. The number of benzene rings is 3. The highest BCUT2D eigenvalue weighted by atomic mass is 35.5. The first kappa shape index (κ1) is 22.9. The Kier molecular flexibility index (Phi) is 7.79. The molecule has 0 aromatic heterocycles. The molecule has 0 aliphatic rings. The molecule has 3 aromatic rings. The van der Waals surface area contributed by atoms with Gasteiger partial charge in [0.25, 0.3) is 0 Å². The van der Waals surface area contributed by atoms with Crippen molar-refractivity contribution in [3.05, 3.63) is 100 Å². The van der Waals surface area contributed by atoms with Gasteiger partial charge in [0.05, 0.1) is 4.90 Å². The number of nitrogens with one attached hydrogen (secondary N) is 2. The van der Waals surface area contributed by atoms with Gasteiger partial charge in [-0.1, -0.05) is 54.1 Å². The Labute approximate surface area is 186 Å². The van der Waals surface area contributed by atoms with Crippen LogP contribution in [0, 0.1) is 5.82 Å². The zero-order valence-electron chi connectivity index (χ0n) is 16.6. The van der Waals surface area contributed by atoms with Gasteiger partial charge in [-0.05, 0) is 53.4 Å². The molecule has 8 heteroatoms. The molecule has 0 bridgehead atoms. The number of rotatable bonds is 9. The smallest absolute Gasteiger partial charge is 0.240 e. The molecular formula is C23H22ClFN2O3S. The van der Waals surface area contributed by atoms with Crippen LogP contribution in [-0.4, -0.2) is 14.3 Å². The van der Waals surface area contributed by atoms with Crippen molar-refractivity contribution in [3.63, 3.8) is 0 Å². The Morgan fingerprint density at radius 3 is 2.35 bits per heavy atom. The molecule has 0 aliphatic carbocycles. The SMILES string of the molecule is O=C(CCc1ccccc1Cl)NCc1cccc(S(=O)(=O)NCc2cccc(F)c2)c1. The summed E-state index contributed by atoms with van der Waals surface area (Å²) < 4.78 is 40.9. The van der Waals surface area contributed by atoms with E-state index in [9.17, 15) is 17.6 Å². The second-order valence-corrected chi connectivity index (χ2v) is 9.14. The largest absolute Gasteiger partial charge is 0.352 e. The van der Waals surface area contributed by atoms with E-state index in [1.165, 1.54) is 30.3 Å². The van der Waals surface area contributed by atoms with E-state index in [-0.39, 0.29) is 30.3 Å². The molecule has 3 rings (SSSR count). The van der Waals surface area contributed by atoms with Crippen LogP contribution in [0.25, 0.3) is 0 Å². The Morgan fingerprint density at radius 1 is 0.903 bits per heavy atom. The maximum atomic E-state index is 13.3. The fourth-order valence-corrected chi connectivity index (χ4v) is 4.29. The molecule has 0 heterocycles. The third kappa shape index (κ3) is 6.89. The van der Waals surface area contributed by atoms with E-state index in [0.29, 0.717) is 22.6 Å². The molecule has 31 heavy (non-hydrogen) atoms. The number of carbonyl (C=O) groups is 1. The normalized spacial score (nSPS) is 11.3. The molecular weight excluding hydrogens is 439 g/mol. The molecule has 0 unspecified atom stereocenters. The van der Waals surface area contributed by atoms with Crippen molar-refractivity contribution < 1.29 is 17.6 Å². The van der Waals surface area contributed by atoms with E-state index in [1.54, 1.807) is 24.3 Å². The van der Waals surface area contributed by atoms with Gasteiger partial charge in [-0.2, -0.15) is 0 Å². The Morgan fingerprint density at radius 2 is 1.61 bits per heavy atom. The van der Waals surface area contributed by atoms with E-state index in [0.717, 1.165) is 5.56 Å². The highest BCUT2D eigenvalue weighted by Gasteiger charge is 2.14. The molecule has 0 saturated carbocycles. The summed E-state index contributed by atoms with van der Waals surface area (Å²) in [5.41, 5.74) is 2.07. The maximum absolute atomic E-state index is 13.3. The Bertz CT molecular complexity index is 1170. The predicted octanol–water partition coefficient (Wildman–Crippen LogP) is 4.21. The van der Waals surface area contributed by atoms with Crippen LogP contribution in [0.1, 0.15) is 23.1 Å². The molecule has 0 atom stereocenters. The monoisotopic (exact) mass is 460 g/mol. The average Bonchev–Trinajstić information content (AvgIpc) is 2.76.